The van der Waals surface area contributed by atoms with Crippen molar-refractivity contribution in [2.45, 2.75) is 24.7 Å². The van der Waals surface area contributed by atoms with Gasteiger partial charge in [-0.2, -0.15) is 13.2 Å². The van der Waals surface area contributed by atoms with Crippen LogP contribution in [0.3, 0.4) is 0 Å². The first kappa shape index (κ1) is 28.7. The Morgan fingerprint density at radius 1 is 1.13 bits per heavy atom. The van der Waals surface area contributed by atoms with Gasteiger partial charge in [0.2, 0.25) is 0 Å². The van der Waals surface area contributed by atoms with E-state index in [4.69, 9.17) is 19.9 Å². The maximum absolute atomic E-state index is 12.7. The molecule has 0 bridgehead atoms. The molecule has 1 aliphatic heterocycles. The Kier molecular flexibility index (Phi) is 8.51. The summed E-state index contributed by atoms with van der Waals surface area (Å²) in [6.07, 6.45) is -4.23. The number of carbonyl (C=O) groups excluding carboxylic acids is 2. The van der Waals surface area contributed by atoms with Crippen molar-refractivity contribution in [1.29, 1.82) is 0 Å². The molecule has 0 fully saturated rings. The zero-order chi connectivity index (χ0) is 28.3. The van der Waals surface area contributed by atoms with E-state index >= 15 is 0 Å². The molecule has 38 heavy (non-hydrogen) atoms. The van der Waals surface area contributed by atoms with E-state index in [2.05, 4.69) is 15.5 Å². The van der Waals surface area contributed by atoms with E-state index in [9.17, 15) is 37.5 Å². The number of halogens is 3. The minimum Gasteiger partial charge on any atom is -0.479 e. The van der Waals surface area contributed by atoms with Crippen LogP contribution in [0, 0.1) is 0 Å². The summed E-state index contributed by atoms with van der Waals surface area (Å²) < 4.78 is 31.7. The molecule has 12 nitrogen and oxygen atoms in total. The number of thiophene rings is 1. The van der Waals surface area contributed by atoms with Crippen molar-refractivity contribution in [2.75, 3.05) is 19.7 Å². The molecule has 5 N–H and O–H groups in total. The van der Waals surface area contributed by atoms with Crippen molar-refractivity contribution in [1.82, 2.24) is 10.6 Å². The number of nitrogens with one attached hydrogen (secondary N) is 2. The standard InChI is InChI=1S/C20H18N2O8S.C2HF3O2/c23-13(8-22-18(26)15-6-10-7-21-5-4-14(10)31-15)11-2-1-3-12-17(11)20(12,19(27)28)30-29-9-16(24)25;3-2(4,5)1(6)7/h1-3,6,21H,4-5,7-9H2,(H,22,26)(H,24,25)(H,27,28);(H,6,7). The first-order valence-corrected chi connectivity index (χ1v) is 11.4. The molecule has 2 aliphatic rings. The van der Waals surface area contributed by atoms with Crippen LogP contribution in [0.15, 0.2) is 24.3 Å². The summed E-state index contributed by atoms with van der Waals surface area (Å²) in [4.78, 5) is 67.6. The number of rotatable bonds is 9. The van der Waals surface area contributed by atoms with Crippen molar-refractivity contribution in [3.63, 3.8) is 0 Å². The number of aliphatic carboxylic acids is 3. The molecule has 2 aromatic rings. The van der Waals surface area contributed by atoms with Crippen LogP contribution in [0.4, 0.5) is 13.2 Å². The fraction of sp³-hybridized carbons (Fsp3) is 0.318. The number of benzene rings is 1. The molecule has 2 heterocycles. The van der Waals surface area contributed by atoms with E-state index in [1.165, 1.54) is 29.5 Å². The number of carboxylic acid groups (broad SMARTS) is 3. The largest absolute Gasteiger partial charge is 0.490 e. The zero-order valence-corrected chi connectivity index (χ0v) is 19.9. The minimum atomic E-state index is -5.08. The third-order valence-electron chi connectivity index (χ3n) is 5.32. The molecule has 204 valence electrons. The summed E-state index contributed by atoms with van der Waals surface area (Å²) in [6.45, 7) is 0.371. The number of carboxylic acids is 3. The average molecular weight is 560 g/mol. The Hall–Kier alpha value is -3.86. The molecular weight excluding hydrogens is 541 g/mol. The molecule has 0 saturated heterocycles. The molecule has 0 saturated carbocycles. The summed E-state index contributed by atoms with van der Waals surface area (Å²) in [5.41, 5.74) is -0.613. The first-order chi connectivity index (χ1) is 17.8. The van der Waals surface area contributed by atoms with Crippen molar-refractivity contribution in [3.8, 4) is 0 Å². The van der Waals surface area contributed by atoms with E-state index in [0.717, 1.165) is 23.4 Å². The number of fused-ring (bicyclic) bond motifs is 2. The van der Waals surface area contributed by atoms with Gasteiger partial charge in [0.1, 0.15) is 0 Å². The van der Waals surface area contributed by atoms with E-state index in [1.54, 1.807) is 6.07 Å². The van der Waals surface area contributed by atoms with Gasteiger partial charge in [-0.3, -0.25) is 9.59 Å². The maximum Gasteiger partial charge on any atom is 0.490 e. The van der Waals surface area contributed by atoms with Gasteiger partial charge in [0.05, 0.1) is 11.4 Å². The third-order valence-corrected chi connectivity index (χ3v) is 6.55. The molecule has 1 unspecified atom stereocenters. The van der Waals surface area contributed by atoms with Crippen LogP contribution in [-0.4, -0.2) is 70.8 Å². The minimum absolute atomic E-state index is 0.0637. The van der Waals surface area contributed by atoms with Crippen LogP contribution in [-0.2, 0) is 42.7 Å². The topological polar surface area (TPSA) is 189 Å². The summed E-state index contributed by atoms with van der Waals surface area (Å²) in [7, 11) is 0. The monoisotopic (exact) mass is 560 g/mol. The van der Waals surface area contributed by atoms with Gasteiger partial charge in [-0.1, -0.05) is 18.2 Å². The van der Waals surface area contributed by atoms with Crippen molar-refractivity contribution in [3.05, 3.63) is 56.3 Å². The second-order valence-corrected chi connectivity index (χ2v) is 8.99. The summed E-state index contributed by atoms with van der Waals surface area (Å²) in [5, 5.41) is 31.2. The van der Waals surface area contributed by atoms with Gasteiger partial charge in [0.25, 0.3) is 11.5 Å². The number of hydrogen-bond donors (Lipinski definition) is 5. The van der Waals surface area contributed by atoms with Crippen molar-refractivity contribution in [2.24, 2.45) is 0 Å². The zero-order valence-electron chi connectivity index (χ0n) is 19.1. The Balaban J connectivity index is 0.000000505. The highest BCUT2D eigenvalue weighted by Gasteiger charge is 2.63. The molecule has 1 amide bonds. The molecule has 1 atom stereocenters. The van der Waals surface area contributed by atoms with Crippen LogP contribution < -0.4 is 10.6 Å². The lowest BCUT2D eigenvalue weighted by molar-refractivity contribution is -0.333. The number of hydrogen-bond acceptors (Lipinski definition) is 9. The predicted molar refractivity (Wildman–Crippen MR) is 120 cm³/mol. The van der Waals surface area contributed by atoms with Crippen LogP contribution in [0.5, 0.6) is 0 Å². The van der Waals surface area contributed by atoms with Gasteiger partial charge in [0.15, 0.2) is 12.4 Å². The first-order valence-electron chi connectivity index (χ1n) is 10.6. The fourth-order valence-electron chi connectivity index (χ4n) is 3.59. The number of alkyl halides is 3. The predicted octanol–water partition coefficient (Wildman–Crippen LogP) is 1.31. The Labute approximate surface area is 214 Å². The smallest absolute Gasteiger partial charge is 0.479 e. The number of ketones is 1. The summed E-state index contributed by atoms with van der Waals surface area (Å²) in [5.74, 6) is -6.41. The van der Waals surface area contributed by atoms with E-state index in [-0.39, 0.29) is 29.1 Å². The molecule has 1 aliphatic carbocycles. The van der Waals surface area contributed by atoms with Crippen LogP contribution in [0.2, 0.25) is 0 Å². The van der Waals surface area contributed by atoms with E-state index in [1.807, 2.05) is 0 Å². The molecule has 4 rings (SSSR count). The Bertz CT molecular complexity index is 1270. The fourth-order valence-corrected chi connectivity index (χ4v) is 4.69. The van der Waals surface area contributed by atoms with E-state index < -0.39 is 42.1 Å². The Morgan fingerprint density at radius 2 is 1.82 bits per heavy atom. The van der Waals surface area contributed by atoms with Gasteiger partial charge in [-0.25, -0.2) is 24.2 Å². The Morgan fingerprint density at radius 3 is 2.39 bits per heavy atom. The molecular formula is C22H19F3N2O10S. The number of Topliss-reactive ketones (excluding diaryl/α,β-unsaturated/α-hetero) is 1. The highest BCUT2D eigenvalue weighted by molar-refractivity contribution is 7.14. The van der Waals surface area contributed by atoms with Crippen molar-refractivity contribution >= 4 is 40.9 Å². The molecule has 1 aromatic heterocycles. The van der Waals surface area contributed by atoms with Crippen molar-refractivity contribution < 1.29 is 62.2 Å². The van der Waals surface area contributed by atoms with Crippen LogP contribution in [0.25, 0.3) is 0 Å². The van der Waals surface area contributed by atoms with Crippen LogP contribution >= 0.6 is 11.3 Å². The average Bonchev–Trinajstić information content (AvgIpc) is 3.30. The van der Waals surface area contributed by atoms with Gasteiger partial charge in [-0.15, -0.1) is 11.3 Å². The summed E-state index contributed by atoms with van der Waals surface area (Å²) in [6, 6.07) is 6.17. The third kappa shape index (κ3) is 6.16. The second-order valence-electron chi connectivity index (χ2n) is 7.85. The second kappa shape index (κ2) is 11.3. The van der Waals surface area contributed by atoms with E-state index in [0.29, 0.717) is 11.4 Å². The highest BCUT2D eigenvalue weighted by atomic mass is 32.1. The van der Waals surface area contributed by atoms with Gasteiger partial charge in [-0.05, 0) is 18.1 Å². The maximum atomic E-state index is 12.7. The number of carbonyl (C=O) groups is 5. The molecule has 0 radical (unpaired) electrons. The SMILES string of the molecule is O=C(O)C(F)(F)F.O=C(O)COOC1(C(=O)O)c2cccc(C(=O)CNC(=O)c3cc4c(s3)CCNC4)c21. The van der Waals surface area contributed by atoms with Gasteiger partial charge >= 0.3 is 24.1 Å². The molecule has 1 aromatic carbocycles. The molecule has 16 heteroatoms. The lowest BCUT2D eigenvalue weighted by Crippen LogP contribution is -2.30. The van der Waals surface area contributed by atoms with Gasteiger partial charge < -0.3 is 26.0 Å². The lowest BCUT2D eigenvalue weighted by Gasteiger charge is -2.11. The highest BCUT2D eigenvalue weighted by Crippen LogP contribution is 2.53. The van der Waals surface area contributed by atoms with Gasteiger partial charge in [0, 0.05) is 34.7 Å². The lowest BCUT2D eigenvalue weighted by atomic mass is 10.1. The molecule has 0 spiro atoms. The normalized spacial score (nSPS) is 17.2. The van der Waals surface area contributed by atoms with Crippen LogP contribution in [0.1, 0.15) is 41.6 Å². The quantitative estimate of drug-likeness (QED) is 0.169. The summed E-state index contributed by atoms with van der Waals surface area (Å²) >= 11 is 1.39. The number of amides is 1.